The minimum absolute atomic E-state index is 0. The highest BCUT2D eigenvalue weighted by Crippen LogP contribution is 2.09. The fraction of sp³-hybridized carbons (Fsp3) is 1.00. The average Bonchev–Trinajstić information content (AvgIpc) is 2.23. The van der Waals surface area contributed by atoms with E-state index < -0.39 is 10.1 Å². The summed E-state index contributed by atoms with van der Waals surface area (Å²) in [6.07, 6.45) is 8.16. The third-order valence-corrected chi connectivity index (χ3v) is 3.46. The van der Waals surface area contributed by atoms with Gasteiger partial charge in [0.25, 0.3) is 10.1 Å². The number of likely N-dealkylation sites (tertiary alicyclic amines) is 1. The van der Waals surface area contributed by atoms with Crippen molar-refractivity contribution in [3.05, 3.63) is 0 Å². The quantitative estimate of drug-likeness (QED) is 0.530. The summed E-state index contributed by atoms with van der Waals surface area (Å²) >= 11 is 0. The molecule has 1 aliphatic heterocycles. The van der Waals surface area contributed by atoms with Crippen molar-refractivity contribution >= 4 is 22.5 Å². The maximum Gasteiger partial charge on any atom is 0.264 e. The molecule has 1 heterocycles. The highest BCUT2D eigenvalue weighted by molar-refractivity contribution is 7.85. The van der Waals surface area contributed by atoms with Crippen LogP contribution in [0, 0.1) is 0 Å². The highest BCUT2D eigenvalue weighted by Gasteiger charge is 2.08. The number of rotatable bonds is 7. The van der Waals surface area contributed by atoms with Crippen molar-refractivity contribution in [2.45, 2.75) is 38.5 Å². The Morgan fingerprint density at radius 3 is 2.29 bits per heavy atom. The van der Waals surface area contributed by atoms with Gasteiger partial charge in [-0.2, -0.15) is 8.42 Å². The summed E-state index contributed by atoms with van der Waals surface area (Å²) in [7, 11) is -3.24. The maximum atomic E-state index is 10.7. The lowest BCUT2D eigenvalue weighted by Gasteiger charge is -2.26. The van der Waals surface area contributed by atoms with Crippen molar-refractivity contribution in [1.82, 2.24) is 4.90 Å². The second-order valence-corrected chi connectivity index (χ2v) is 6.13. The van der Waals surface area contributed by atoms with E-state index in [0.717, 1.165) is 32.1 Å². The Labute approximate surface area is 111 Å². The van der Waals surface area contributed by atoms with Gasteiger partial charge in [0, 0.05) is 0 Å². The van der Waals surface area contributed by atoms with Crippen LogP contribution in [0.5, 0.6) is 0 Å². The van der Waals surface area contributed by atoms with E-state index in [9.17, 15) is 8.42 Å². The van der Waals surface area contributed by atoms with Gasteiger partial charge in [0.05, 0.1) is 12.9 Å². The van der Waals surface area contributed by atoms with E-state index in [4.69, 9.17) is 0 Å². The van der Waals surface area contributed by atoms with E-state index >= 15 is 0 Å². The normalized spacial score (nSPS) is 17.7. The first-order chi connectivity index (χ1) is 7.58. The van der Waals surface area contributed by atoms with E-state index in [1.807, 2.05) is 0 Å². The first-order valence-corrected chi connectivity index (χ1v) is 7.96. The Bertz CT molecular complexity index is 276. The van der Waals surface area contributed by atoms with Crippen LogP contribution in [0.25, 0.3) is 0 Å². The van der Waals surface area contributed by atoms with Crippen LogP contribution < -0.4 is 0 Å². The predicted octanol–water partition coefficient (Wildman–Crippen LogP) is 2.04. The number of halogens is 1. The smallest absolute Gasteiger partial charge is 0.264 e. The number of piperidine rings is 1. The summed E-state index contributed by atoms with van der Waals surface area (Å²) in [5.41, 5.74) is 0. The number of hydrogen-bond acceptors (Lipinski definition) is 4. The van der Waals surface area contributed by atoms with Crippen LogP contribution in [0.4, 0.5) is 0 Å². The van der Waals surface area contributed by atoms with E-state index in [2.05, 4.69) is 9.08 Å². The zero-order valence-corrected chi connectivity index (χ0v) is 12.2. The molecule has 1 aliphatic rings. The van der Waals surface area contributed by atoms with Crippen molar-refractivity contribution in [2.24, 2.45) is 0 Å². The molecule has 17 heavy (non-hydrogen) atoms. The van der Waals surface area contributed by atoms with Crippen molar-refractivity contribution in [1.29, 1.82) is 0 Å². The van der Waals surface area contributed by atoms with Crippen LogP contribution in [0.3, 0.4) is 0 Å². The molecule has 0 spiro atoms. The third kappa shape index (κ3) is 9.83. The standard InChI is InChI=1S/C11H23NO3S.ClH/c1-16(13,14)15-11-7-3-6-10-12-8-4-2-5-9-12;/h2-11H2,1H3;1H. The molecule has 0 aromatic rings. The van der Waals surface area contributed by atoms with Gasteiger partial charge in [-0.3, -0.25) is 4.18 Å². The molecule has 0 saturated carbocycles. The number of nitrogens with zero attached hydrogens (tertiary/aromatic N) is 1. The van der Waals surface area contributed by atoms with Crippen molar-refractivity contribution in [3.8, 4) is 0 Å². The molecule has 0 N–H and O–H groups in total. The van der Waals surface area contributed by atoms with Crippen LogP contribution in [0.15, 0.2) is 0 Å². The third-order valence-electron chi connectivity index (χ3n) is 2.86. The molecule has 6 heteroatoms. The van der Waals surface area contributed by atoms with Gasteiger partial charge in [-0.25, -0.2) is 0 Å². The zero-order chi connectivity index (χ0) is 11.9. The Kier molecular flexibility index (Phi) is 9.22. The topological polar surface area (TPSA) is 46.6 Å². The van der Waals surface area contributed by atoms with Crippen LogP contribution in [-0.4, -0.2) is 45.8 Å². The molecular weight excluding hydrogens is 262 g/mol. The molecule has 4 nitrogen and oxygen atoms in total. The summed E-state index contributed by atoms with van der Waals surface area (Å²) in [4.78, 5) is 2.50. The molecule has 0 bridgehead atoms. The van der Waals surface area contributed by atoms with Crippen molar-refractivity contribution in [3.63, 3.8) is 0 Å². The van der Waals surface area contributed by atoms with Gasteiger partial charge < -0.3 is 4.90 Å². The van der Waals surface area contributed by atoms with Crippen LogP contribution in [0.2, 0.25) is 0 Å². The molecule has 0 unspecified atom stereocenters. The fourth-order valence-electron chi connectivity index (χ4n) is 2.01. The van der Waals surface area contributed by atoms with Gasteiger partial charge in [-0.15, -0.1) is 12.4 Å². The predicted molar refractivity (Wildman–Crippen MR) is 72.2 cm³/mol. The minimum Gasteiger partial charge on any atom is -0.303 e. The van der Waals surface area contributed by atoms with Crippen LogP contribution in [0.1, 0.15) is 38.5 Å². The van der Waals surface area contributed by atoms with Gasteiger partial charge in [0.15, 0.2) is 0 Å². The van der Waals surface area contributed by atoms with E-state index in [0.29, 0.717) is 6.61 Å². The van der Waals surface area contributed by atoms with E-state index in [-0.39, 0.29) is 12.4 Å². The lowest BCUT2D eigenvalue weighted by atomic mass is 10.1. The molecule has 1 saturated heterocycles. The summed E-state index contributed by atoms with van der Waals surface area (Å²) < 4.78 is 26.0. The second-order valence-electron chi connectivity index (χ2n) is 4.49. The molecule has 0 radical (unpaired) electrons. The fourth-order valence-corrected chi connectivity index (χ4v) is 2.43. The average molecular weight is 286 g/mol. The monoisotopic (exact) mass is 285 g/mol. The first kappa shape index (κ1) is 17.2. The molecule has 1 rings (SSSR count). The van der Waals surface area contributed by atoms with Crippen molar-refractivity contribution < 1.29 is 12.6 Å². The number of unbranched alkanes of at least 4 members (excludes halogenated alkanes) is 2. The summed E-state index contributed by atoms with van der Waals surface area (Å²) in [5, 5.41) is 0. The van der Waals surface area contributed by atoms with Gasteiger partial charge in [0.2, 0.25) is 0 Å². The molecular formula is C11H24ClNO3S. The molecule has 1 fully saturated rings. The van der Waals surface area contributed by atoms with Gasteiger partial charge in [0.1, 0.15) is 0 Å². The number of hydrogen-bond donors (Lipinski definition) is 0. The van der Waals surface area contributed by atoms with Crippen LogP contribution in [-0.2, 0) is 14.3 Å². The Morgan fingerprint density at radius 1 is 1.06 bits per heavy atom. The summed E-state index contributed by atoms with van der Waals surface area (Å²) in [6, 6.07) is 0. The molecule has 0 aliphatic carbocycles. The Balaban J connectivity index is 0.00000256. The lowest BCUT2D eigenvalue weighted by Crippen LogP contribution is -2.30. The molecule has 104 valence electrons. The van der Waals surface area contributed by atoms with Gasteiger partial charge in [-0.1, -0.05) is 6.42 Å². The minimum atomic E-state index is -3.24. The SMILES string of the molecule is CS(=O)(=O)OCCCCCN1CCCCC1.Cl. The Morgan fingerprint density at radius 2 is 1.71 bits per heavy atom. The summed E-state index contributed by atoms with van der Waals surface area (Å²) in [5.74, 6) is 0. The maximum absolute atomic E-state index is 10.7. The first-order valence-electron chi connectivity index (χ1n) is 6.15. The highest BCUT2D eigenvalue weighted by atomic mass is 35.5. The summed E-state index contributed by atoms with van der Waals surface area (Å²) in [6.45, 7) is 3.96. The lowest BCUT2D eigenvalue weighted by molar-refractivity contribution is 0.221. The zero-order valence-electron chi connectivity index (χ0n) is 10.6. The molecule has 0 atom stereocenters. The van der Waals surface area contributed by atoms with Gasteiger partial charge in [-0.05, 0) is 51.7 Å². The second kappa shape index (κ2) is 9.14. The van der Waals surface area contributed by atoms with Crippen LogP contribution >= 0.6 is 12.4 Å². The van der Waals surface area contributed by atoms with Crippen molar-refractivity contribution in [2.75, 3.05) is 32.5 Å². The molecule has 0 aromatic carbocycles. The van der Waals surface area contributed by atoms with E-state index in [1.165, 1.54) is 32.4 Å². The Hall–Kier alpha value is 0.160. The van der Waals surface area contributed by atoms with Gasteiger partial charge >= 0.3 is 0 Å². The largest absolute Gasteiger partial charge is 0.303 e. The molecule has 0 amide bonds. The molecule has 0 aromatic heterocycles. The van der Waals surface area contributed by atoms with E-state index in [1.54, 1.807) is 0 Å².